The summed E-state index contributed by atoms with van der Waals surface area (Å²) >= 11 is 0. The molecule has 0 radical (unpaired) electrons. The van der Waals surface area contributed by atoms with E-state index in [1.807, 2.05) is 0 Å². The van der Waals surface area contributed by atoms with Gasteiger partial charge in [-0.25, -0.2) is 9.97 Å². The van der Waals surface area contributed by atoms with E-state index >= 15 is 0 Å². The number of nitrogens with zero attached hydrogens (tertiary/aromatic N) is 2. The maximum atomic E-state index is 5.57. The summed E-state index contributed by atoms with van der Waals surface area (Å²) < 4.78 is 5.57. The van der Waals surface area contributed by atoms with E-state index in [0.29, 0.717) is 5.92 Å². The van der Waals surface area contributed by atoms with E-state index < -0.39 is 0 Å². The van der Waals surface area contributed by atoms with Crippen molar-refractivity contribution >= 4 is 11.6 Å². The Hall–Kier alpha value is -1.36. The fourth-order valence-electron chi connectivity index (χ4n) is 2.12. The summed E-state index contributed by atoms with van der Waals surface area (Å²) in [7, 11) is 0. The van der Waals surface area contributed by atoms with Gasteiger partial charge >= 0.3 is 0 Å². The molecule has 0 aromatic carbocycles. The third kappa shape index (κ3) is 6.29. The maximum absolute atomic E-state index is 5.57. The molecule has 0 fully saturated rings. The van der Waals surface area contributed by atoms with Crippen molar-refractivity contribution < 1.29 is 4.74 Å². The van der Waals surface area contributed by atoms with Crippen LogP contribution in [-0.2, 0) is 4.74 Å². The largest absolute Gasteiger partial charge is 0.381 e. The number of rotatable bonds is 11. The molecule has 0 saturated carbocycles. The lowest BCUT2D eigenvalue weighted by Gasteiger charge is -2.17. The van der Waals surface area contributed by atoms with E-state index in [0.717, 1.165) is 56.3 Å². The standard InChI is InChI=1S/C16H30N4O/c1-5-7-10-21-11-8-9-18-16-14(13(3)4)15(17-6-2)19-12-20-16/h12-13H,5-11H2,1-4H3,(H2,17,18,19,20). The Kier molecular flexibility index (Phi) is 8.74. The molecular formula is C16H30N4O. The molecule has 120 valence electrons. The number of anilines is 2. The van der Waals surface area contributed by atoms with Gasteiger partial charge < -0.3 is 15.4 Å². The number of nitrogens with one attached hydrogen (secondary N) is 2. The van der Waals surface area contributed by atoms with Crippen molar-refractivity contribution in [3.63, 3.8) is 0 Å². The van der Waals surface area contributed by atoms with E-state index in [1.54, 1.807) is 6.33 Å². The van der Waals surface area contributed by atoms with Gasteiger partial charge in [0.1, 0.15) is 18.0 Å². The lowest BCUT2D eigenvalue weighted by Crippen LogP contribution is -2.13. The molecule has 0 bridgehead atoms. The van der Waals surface area contributed by atoms with Crippen LogP contribution in [0.25, 0.3) is 0 Å². The maximum Gasteiger partial charge on any atom is 0.134 e. The molecule has 0 amide bonds. The molecule has 0 aliphatic carbocycles. The van der Waals surface area contributed by atoms with Gasteiger partial charge in [0, 0.05) is 31.9 Å². The molecule has 21 heavy (non-hydrogen) atoms. The van der Waals surface area contributed by atoms with Crippen molar-refractivity contribution in [3.8, 4) is 0 Å². The van der Waals surface area contributed by atoms with Gasteiger partial charge in [0.15, 0.2) is 0 Å². The number of ether oxygens (including phenoxy) is 1. The smallest absolute Gasteiger partial charge is 0.134 e. The minimum Gasteiger partial charge on any atom is -0.381 e. The molecule has 0 atom stereocenters. The number of aromatic nitrogens is 2. The molecule has 1 rings (SSSR count). The summed E-state index contributed by atoms with van der Waals surface area (Å²) in [4.78, 5) is 8.73. The lowest BCUT2D eigenvalue weighted by molar-refractivity contribution is 0.131. The summed E-state index contributed by atoms with van der Waals surface area (Å²) in [5.74, 6) is 2.25. The Morgan fingerprint density at radius 2 is 1.71 bits per heavy atom. The van der Waals surface area contributed by atoms with Crippen LogP contribution in [0, 0.1) is 0 Å². The summed E-state index contributed by atoms with van der Waals surface area (Å²) in [6.07, 6.45) is 4.93. The highest BCUT2D eigenvalue weighted by molar-refractivity contribution is 5.58. The molecule has 1 aromatic rings. The third-order valence-corrected chi connectivity index (χ3v) is 3.21. The van der Waals surface area contributed by atoms with Crippen molar-refractivity contribution in [1.82, 2.24) is 9.97 Å². The predicted octanol–water partition coefficient (Wildman–Crippen LogP) is 3.65. The first-order chi connectivity index (χ1) is 10.2. The van der Waals surface area contributed by atoms with Crippen molar-refractivity contribution in [2.75, 3.05) is 36.9 Å². The van der Waals surface area contributed by atoms with Crippen molar-refractivity contribution in [1.29, 1.82) is 0 Å². The molecule has 0 aliphatic heterocycles. The van der Waals surface area contributed by atoms with E-state index in [4.69, 9.17) is 4.74 Å². The van der Waals surface area contributed by atoms with Crippen LogP contribution in [-0.4, -0.2) is 36.3 Å². The summed E-state index contributed by atoms with van der Waals surface area (Å²) in [5.41, 5.74) is 1.16. The first-order valence-corrected chi connectivity index (χ1v) is 8.11. The first kappa shape index (κ1) is 17.7. The average Bonchev–Trinajstić information content (AvgIpc) is 2.46. The van der Waals surface area contributed by atoms with Gasteiger partial charge in [-0.3, -0.25) is 0 Å². The number of hydrogen-bond acceptors (Lipinski definition) is 5. The van der Waals surface area contributed by atoms with Crippen LogP contribution in [0.2, 0.25) is 0 Å². The quantitative estimate of drug-likeness (QED) is 0.610. The Morgan fingerprint density at radius 1 is 1.05 bits per heavy atom. The lowest BCUT2D eigenvalue weighted by atomic mass is 10.0. The van der Waals surface area contributed by atoms with Gasteiger partial charge in [-0.15, -0.1) is 0 Å². The molecule has 0 aliphatic rings. The van der Waals surface area contributed by atoms with Gasteiger partial charge in [-0.1, -0.05) is 27.2 Å². The predicted molar refractivity (Wildman–Crippen MR) is 89.1 cm³/mol. The highest BCUT2D eigenvalue weighted by atomic mass is 16.5. The molecule has 2 N–H and O–H groups in total. The highest BCUT2D eigenvalue weighted by Crippen LogP contribution is 2.28. The highest BCUT2D eigenvalue weighted by Gasteiger charge is 2.13. The molecule has 1 heterocycles. The SMILES string of the molecule is CCCCOCCCNc1ncnc(NCC)c1C(C)C. The topological polar surface area (TPSA) is 59.1 Å². The molecule has 5 nitrogen and oxygen atoms in total. The minimum absolute atomic E-state index is 0.378. The third-order valence-electron chi connectivity index (χ3n) is 3.21. The second-order valence-corrected chi connectivity index (χ2v) is 5.42. The van der Waals surface area contributed by atoms with E-state index in [1.165, 1.54) is 6.42 Å². The van der Waals surface area contributed by atoms with Gasteiger partial charge in [-0.05, 0) is 25.7 Å². The van der Waals surface area contributed by atoms with Crippen molar-refractivity contribution in [2.45, 2.75) is 52.9 Å². The van der Waals surface area contributed by atoms with Gasteiger partial charge in [0.2, 0.25) is 0 Å². The summed E-state index contributed by atoms with van der Waals surface area (Å²) in [6.45, 7) is 12.0. The molecule has 0 unspecified atom stereocenters. The minimum atomic E-state index is 0.378. The average molecular weight is 294 g/mol. The van der Waals surface area contributed by atoms with E-state index in [9.17, 15) is 0 Å². The summed E-state index contributed by atoms with van der Waals surface area (Å²) in [6, 6.07) is 0. The Bertz CT molecular complexity index is 396. The molecular weight excluding hydrogens is 264 g/mol. The molecule has 0 spiro atoms. The van der Waals surface area contributed by atoms with Gasteiger partial charge in [-0.2, -0.15) is 0 Å². The molecule has 5 heteroatoms. The second-order valence-electron chi connectivity index (χ2n) is 5.42. The van der Waals surface area contributed by atoms with Crippen LogP contribution in [0.3, 0.4) is 0 Å². The second kappa shape index (κ2) is 10.4. The van der Waals surface area contributed by atoms with Crippen molar-refractivity contribution in [3.05, 3.63) is 11.9 Å². The zero-order valence-corrected chi connectivity index (χ0v) is 13.9. The van der Waals surface area contributed by atoms with Crippen LogP contribution in [0.15, 0.2) is 6.33 Å². The van der Waals surface area contributed by atoms with Gasteiger partial charge in [0.05, 0.1) is 0 Å². The normalized spacial score (nSPS) is 10.9. The van der Waals surface area contributed by atoms with E-state index in [2.05, 4.69) is 48.3 Å². The van der Waals surface area contributed by atoms with Crippen LogP contribution >= 0.6 is 0 Å². The Morgan fingerprint density at radius 3 is 2.33 bits per heavy atom. The zero-order chi connectivity index (χ0) is 15.5. The fraction of sp³-hybridized carbons (Fsp3) is 0.750. The number of unbranched alkanes of at least 4 members (excludes halogenated alkanes) is 1. The van der Waals surface area contributed by atoms with Crippen LogP contribution in [0.1, 0.15) is 58.4 Å². The zero-order valence-electron chi connectivity index (χ0n) is 13.9. The fourth-order valence-corrected chi connectivity index (χ4v) is 2.12. The summed E-state index contributed by atoms with van der Waals surface area (Å²) in [5, 5.41) is 6.72. The first-order valence-electron chi connectivity index (χ1n) is 8.11. The van der Waals surface area contributed by atoms with E-state index in [-0.39, 0.29) is 0 Å². The van der Waals surface area contributed by atoms with Gasteiger partial charge in [0.25, 0.3) is 0 Å². The monoisotopic (exact) mass is 294 g/mol. The van der Waals surface area contributed by atoms with Crippen LogP contribution < -0.4 is 10.6 Å². The Balaban J connectivity index is 2.48. The Labute approximate surface area is 128 Å². The van der Waals surface area contributed by atoms with Crippen molar-refractivity contribution in [2.24, 2.45) is 0 Å². The molecule has 0 saturated heterocycles. The van der Waals surface area contributed by atoms with Crippen LogP contribution in [0.4, 0.5) is 11.6 Å². The number of hydrogen-bond donors (Lipinski definition) is 2. The molecule has 1 aromatic heterocycles. The van der Waals surface area contributed by atoms with Crippen LogP contribution in [0.5, 0.6) is 0 Å².